The summed E-state index contributed by atoms with van der Waals surface area (Å²) in [4.78, 5) is 28.6. The molecule has 7 nitrogen and oxygen atoms in total. The molecule has 1 unspecified atom stereocenters. The van der Waals surface area contributed by atoms with Gasteiger partial charge in [0.25, 0.3) is 0 Å². The van der Waals surface area contributed by atoms with Crippen LogP contribution in [0.5, 0.6) is 0 Å². The molecule has 3 rings (SSSR count). The summed E-state index contributed by atoms with van der Waals surface area (Å²) in [6, 6.07) is 21.6. The molecule has 1 atom stereocenters. The summed E-state index contributed by atoms with van der Waals surface area (Å²) in [5.74, 6) is -1.16. The van der Waals surface area contributed by atoms with Crippen LogP contribution in [0, 0.1) is 12.7 Å². The molecule has 0 fully saturated rings. The van der Waals surface area contributed by atoms with Gasteiger partial charge in [0.2, 0.25) is 21.8 Å². The number of nitrogens with one attached hydrogen (secondary N) is 1. The predicted octanol–water partition coefficient (Wildman–Crippen LogP) is 4.85. The fraction of sp³-hybridized carbons (Fsp3) is 0.355. The van der Waals surface area contributed by atoms with Gasteiger partial charge in [0, 0.05) is 37.5 Å². The first-order valence-corrected chi connectivity index (χ1v) is 15.2. The number of benzene rings is 3. The normalized spacial score (nSPS) is 12.2. The molecule has 0 saturated heterocycles. The molecule has 40 heavy (non-hydrogen) atoms. The summed E-state index contributed by atoms with van der Waals surface area (Å²) >= 11 is 0. The van der Waals surface area contributed by atoms with Crippen LogP contribution < -0.4 is 9.62 Å². The second-order valence-electron chi connectivity index (χ2n) is 10.3. The number of amides is 2. The lowest BCUT2D eigenvalue weighted by Crippen LogP contribution is -2.52. The van der Waals surface area contributed by atoms with E-state index in [-0.39, 0.29) is 50.2 Å². The van der Waals surface area contributed by atoms with Gasteiger partial charge in [0.1, 0.15) is 11.9 Å². The molecule has 214 valence electrons. The number of nitrogens with zero attached hydrogens (tertiary/aromatic N) is 2. The Morgan fingerprint density at radius 2 is 1.62 bits per heavy atom. The SMILES string of the molecule is Cc1cccc(N(CCCC(=O)N(Cc2ccccc2F)C(Cc2ccccc2)C(=O)NC(C)C)S(C)(=O)=O)c1. The van der Waals surface area contributed by atoms with Gasteiger partial charge in [-0.2, -0.15) is 0 Å². The van der Waals surface area contributed by atoms with Crippen molar-refractivity contribution in [2.45, 2.75) is 58.7 Å². The molecule has 9 heteroatoms. The van der Waals surface area contributed by atoms with E-state index in [1.165, 1.54) is 15.3 Å². The van der Waals surface area contributed by atoms with E-state index >= 15 is 0 Å². The van der Waals surface area contributed by atoms with E-state index in [4.69, 9.17) is 0 Å². The van der Waals surface area contributed by atoms with Gasteiger partial charge in [-0.15, -0.1) is 0 Å². The molecule has 0 aromatic heterocycles. The molecule has 3 aromatic carbocycles. The van der Waals surface area contributed by atoms with Gasteiger partial charge in [0.15, 0.2) is 0 Å². The van der Waals surface area contributed by atoms with Crippen molar-refractivity contribution in [1.82, 2.24) is 10.2 Å². The highest BCUT2D eigenvalue weighted by molar-refractivity contribution is 7.92. The highest BCUT2D eigenvalue weighted by Gasteiger charge is 2.31. The van der Waals surface area contributed by atoms with Gasteiger partial charge in [-0.1, -0.05) is 60.7 Å². The minimum atomic E-state index is -3.60. The molecule has 0 spiro atoms. The van der Waals surface area contributed by atoms with Crippen LogP contribution in [0.4, 0.5) is 10.1 Å². The quantitative estimate of drug-likeness (QED) is 0.320. The standard InChI is InChI=1S/C31H38FN3O4S/c1-23(2)33-31(37)29(21-25-13-6-5-7-14-25)34(22-26-15-8-9-17-28(26)32)30(36)18-11-19-35(40(4,38)39)27-16-10-12-24(3)20-27/h5-10,12-17,20,23,29H,11,18-19,21-22H2,1-4H3,(H,33,37). The Morgan fingerprint density at radius 1 is 0.950 bits per heavy atom. The lowest BCUT2D eigenvalue weighted by Gasteiger charge is -2.32. The lowest BCUT2D eigenvalue weighted by molar-refractivity contribution is -0.141. The van der Waals surface area contributed by atoms with Crippen molar-refractivity contribution in [2.24, 2.45) is 0 Å². The van der Waals surface area contributed by atoms with Crippen molar-refractivity contribution in [3.63, 3.8) is 0 Å². The maximum atomic E-state index is 14.7. The zero-order chi connectivity index (χ0) is 29.3. The van der Waals surface area contributed by atoms with Crippen molar-refractivity contribution in [3.05, 3.63) is 101 Å². The van der Waals surface area contributed by atoms with E-state index in [0.29, 0.717) is 11.3 Å². The number of hydrogen-bond acceptors (Lipinski definition) is 4. The highest BCUT2D eigenvalue weighted by Crippen LogP contribution is 2.21. The Balaban J connectivity index is 1.89. The van der Waals surface area contributed by atoms with Crippen molar-refractivity contribution < 1.29 is 22.4 Å². The second kappa shape index (κ2) is 14.1. The van der Waals surface area contributed by atoms with Crippen LogP contribution in [0.2, 0.25) is 0 Å². The van der Waals surface area contributed by atoms with E-state index in [1.54, 1.807) is 36.4 Å². The van der Waals surface area contributed by atoms with Gasteiger partial charge >= 0.3 is 0 Å². The van der Waals surface area contributed by atoms with Crippen LogP contribution in [0.1, 0.15) is 43.4 Å². The number of carbonyl (C=O) groups excluding carboxylic acids is 2. The number of hydrogen-bond donors (Lipinski definition) is 1. The maximum Gasteiger partial charge on any atom is 0.243 e. The highest BCUT2D eigenvalue weighted by atomic mass is 32.2. The Morgan fingerprint density at radius 3 is 2.25 bits per heavy atom. The number of sulfonamides is 1. The maximum absolute atomic E-state index is 14.7. The zero-order valence-corrected chi connectivity index (χ0v) is 24.3. The summed E-state index contributed by atoms with van der Waals surface area (Å²) in [6.45, 7) is 5.55. The molecule has 3 aromatic rings. The topological polar surface area (TPSA) is 86.8 Å². The van der Waals surface area contributed by atoms with Gasteiger partial charge in [-0.05, 0) is 56.5 Å². The molecule has 0 bridgehead atoms. The largest absolute Gasteiger partial charge is 0.352 e. The van der Waals surface area contributed by atoms with Crippen LogP contribution in [0.3, 0.4) is 0 Å². The lowest BCUT2D eigenvalue weighted by atomic mass is 10.0. The van der Waals surface area contributed by atoms with Crippen molar-refractivity contribution in [3.8, 4) is 0 Å². The van der Waals surface area contributed by atoms with E-state index < -0.39 is 21.9 Å². The second-order valence-corrected chi connectivity index (χ2v) is 12.2. The molecular weight excluding hydrogens is 529 g/mol. The molecule has 0 heterocycles. The predicted molar refractivity (Wildman–Crippen MR) is 157 cm³/mol. The Labute approximate surface area is 237 Å². The minimum Gasteiger partial charge on any atom is -0.352 e. The van der Waals surface area contributed by atoms with Gasteiger partial charge < -0.3 is 10.2 Å². The van der Waals surface area contributed by atoms with Crippen molar-refractivity contribution >= 4 is 27.5 Å². The average Bonchev–Trinajstić information content (AvgIpc) is 2.89. The average molecular weight is 568 g/mol. The van der Waals surface area contributed by atoms with Crippen molar-refractivity contribution in [2.75, 3.05) is 17.1 Å². The summed E-state index contributed by atoms with van der Waals surface area (Å²) < 4.78 is 41.1. The fourth-order valence-electron chi connectivity index (χ4n) is 4.53. The minimum absolute atomic E-state index is 0.0213. The first-order valence-electron chi connectivity index (χ1n) is 13.4. The molecule has 1 N–H and O–H groups in total. The van der Waals surface area contributed by atoms with Crippen LogP contribution in [0.25, 0.3) is 0 Å². The Bertz CT molecular complexity index is 1400. The zero-order valence-electron chi connectivity index (χ0n) is 23.5. The van der Waals surface area contributed by atoms with E-state index in [9.17, 15) is 22.4 Å². The molecular formula is C31H38FN3O4S. The summed E-state index contributed by atoms with van der Waals surface area (Å²) in [5, 5.41) is 2.91. The molecule has 0 radical (unpaired) electrons. The fourth-order valence-corrected chi connectivity index (χ4v) is 5.49. The van der Waals surface area contributed by atoms with Crippen molar-refractivity contribution in [1.29, 1.82) is 0 Å². The molecule has 2 amide bonds. The third-order valence-corrected chi connectivity index (χ3v) is 7.64. The summed E-state index contributed by atoms with van der Waals surface area (Å²) in [7, 11) is -3.60. The van der Waals surface area contributed by atoms with Crippen LogP contribution >= 0.6 is 0 Å². The molecule has 0 aliphatic carbocycles. The third kappa shape index (κ3) is 8.91. The number of anilines is 1. The number of rotatable bonds is 13. The Kier molecular flexibility index (Phi) is 10.8. The smallest absolute Gasteiger partial charge is 0.243 e. The molecule has 0 saturated carbocycles. The number of carbonyl (C=O) groups is 2. The Hall–Kier alpha value is -3.72. The van der Waals surface area contributed by atoms with Gasteiger partial charge in [-0.25, -0.2) is 12.8 Å². The van der Waals surface area contributed by atoms with Crippen LogP contribution in [-0.2, 0) is 32.6 Å². The van der Waals surface area contributed by atoms with Gasteiger partial charge in [-0.3, -0.25) is 13.9 Å². The molecule has 0 aliphatic heterocycles. The van der Waals surface area contributed by atoms with E-state index in [0.717, 1.165) is 17.4 Å². The summed E-state index contributed by atoms with van der Waals surface area (Å²) in [6.07, 6.45) is 1.58. The van der Waals surface area contributed by atoms with Crippen LogP contribution in [0.15, 0.2) is 78.9 Å². The first-order chi connectivity index (χ1) is 19.0. The van der Waals surface area contributed by atoms with Crippen LogP contribution in [-0.4, -0.2) is 50.0 Å². The van der Waals surface area contributed by atoms with E-state index in [2.05, 4.69) is 5.32 Å². The third-order valence-electron chi connectivity index (χ3n) is 6.44. The first kappa shape index (κ1) is 30.8. The van der Waals surface area contributed by atoms with E-state index in [1.807, 2.05) is 57.2 Å². The molecule has 0 aliphatic rings. The summed E-state index contributed by atoms with van der Waals surface area (Å²) in [5.41, 5.74) is 2.60. The monoisotopic (exact) mass is 567 g/mol. The number of halogens is 1. The number of aryl methyl sites for hydroxylation is 1. The van der Waals surface area contributed by atoms with Gasteiger partial charge in [0.05, 0.1) is 11.9 Å².